The molecular formula is C45H53N6O7+. The summed E-state index contributed by atoms with van der Waals surface area (Å²) < 4.78 is 19.6. The number of carbonyl (C=O) groups is 3. The molecule has 0 spiro atoms. The van der Waals surface area contributed by atoms with Crippen molar-refractivity contribution in [2.75, 3.05) is 105 Å². The third-order valence-corrected chi connectivity index (χ3v) is 9.98. The van der Waals surface area contributed by atoms with Gasteiger partial charge in [0.05, 0.1) is 39.0 Å². The summed E-state index contributed by atoms with van der Waals surface area (Å²) in [6.07, 6.45) is 3.10. The number of hydrogen-bond acceptors (Lipinski definition) is 9. The predicted octanol–water partition coefficient (Wildman–Crippen LogP) is 3.74. The number of piperazine rings is 1. The van der Waals surface area contributed by atoms with Crippen LogP contribution in [0.1, 0.15) is 15.9 Å². The fraction of sp³-hybridized carbons (Fsp3) is 0.333. The second kappa shape index (κ2) is 19.9. The van der Waals surface area contributed by atoms with E-state index in [0.29, 0.717) is 71.3 Å². The van der Waals surface area contributed by atoms with E-state index in [-0.39, 0.29) is 30.0 Å². The maximum atomic E-state index is 14.2. The van der Waals surface area contributed by atoms with Crippen molar-refractivity contribution >= 4 is 40.5 Å². The van der Waals surface area contributed by atoms with Gasteiger partial charge in [-0.05, 0) is 53.6 Å². The third-order valence-electron chi connectivity index (χ3n) is 9.98. The van der Waals surface area contributed by atoms with Crippen LogP contribution in [0.15, 0.2) is 95.4 Å². The van der Waals surface area contributed by atoms with Gasteiger partial charge in [-0.3, -0.25) is 19.3 Å². The first-order valence-corrected chi connectivity index (χ1v) is 19.5. The van der Waals surface area contributed by atoms with E-state index < -0.39 is 0 Å². The summed E-state index contributed by atoms with van der Waals surface area (Å²) in [5, 5.41) is 16.9. The number of rotatable bonds is 16. The number of phenolic OH excluding ortho intramolecular Hbond substituents is 1. The van der Waals surface area contributed by atoms with Crippen molar-refractivity contribution in [2.24, 2.45) is 0 Å². The molecule has 0 atom stereocenters. The molecule has 58 heavy (non-hydrogen) atoms. The van der Waals surface area contributed by atoms with Crippen molar-refractivity contribution in [3.63, 3.8) is 0 Å². The molecule has 3 amide bonds. The van der Waals surface area contributed by atoms with Gasteiger partial charge in [-0.15, -0.1) is 0 Å². The fourth-order valence-electron chi connectivity index (χ4n) is 6.79. The molecule has 2 aliphatic heterocycles. The Bertz CT molecular complexity index is 2270. The van der Waals surface area contributed by atoms with Crippen LogP contribution in [-0.2, 0) is 19.1 Å². The molecule has 6 rings (SSSR count). The second-order valence-electron chi connectivity index (χ2n) is 14.5. The average Bonchev–Trinajstić information content (AvgIpc) is 3.22. The molecular weight excluding hydrogens is 737 g/mol. The normalized spacial score (nSPS) is 13.3. The number of aromatic hydroxyl groups is 1. The van der Waals surface area contributed by atoms with Gasteiger partial charge < -0.3 is 39.4 Å². The average molecular weight is 790 g/mol. The SMILES string of the molecule is CN(C)c1ccc2c(-c3ccccc3C(=O)N3CCN(CC(=O)NCCOCCOCCNC(=O)/C=C/c4ccc(O)cc4)CC3)c3ccc(=[N+](C)C)cc-3oc2c1. The number of carbonyl (C=O) groups excluding carboxylic acids is 3. The number of anilines is 1. The molecule has 0 unspecified atom stereocenters. The Morgan fingerprint density at radius 3 is 2.24 bits per heavy atom. The quantitative estimate of drug-likeness (QED) is 0.0591. The van der Waals surface area contributed by atoms with Gasteiger partial charge in [0.15, 0.2) is 0 Å². The smallest absolute Gasteiger partial charge is 0.254 e. The molecule has 3 aromatic carbocycles. The van der Waals surface area contributed by atoms with Gasteiger partial charge in [-0.2, -0.15) is 0 Å². The van der Waals surface area contributed by atoms with Gasteiger partial charge in [0, 0.05) is 99.3 Å². The topological polar surface area (TPSA) is 140 Å². The zero-order valence-electron chi connectivity index (χ0n) is 33.7. The number of nitrogens with zero attached hydrogens (tertiary/aromatic N) is 4. The van der Waals surface area contributed by atoms with E-state index >= 15 is 0 Å². The first-order valence-electron chi connectivity index (χ1n) is 19.5. The monoisotopic (exact) mass is 789 g/mol. The zero-order valence-corrected chi connectivity index (χ0v) is 33.7. The lowest BCUT2D eigenvalue weighted by atomic mass is 9.90. The standard InChI is InChI=1S/C45H52N6O7/c1-48(2)33-12-16-38-40(29-33)58-41-30-34(49(3)4)13-17-39(41)44(38)36-7-5-6-8-37(36)45(55)51-23-21-50(22-24-51)31-43(54)47-20-26-57-28-27-56-25-19-46-42(53)18-11-32-9-14-35(52)15-10-32/h5-18,29-30H,19-28,31H2,1-4H3,(H2-,46,47,52,53,54)/p+1. The minimum Gasteiger partial charge on any atom is -0.508 e. The van der Waals surface area contributed by atoms with Gasteiger partial charge in [0.2, 0.25) is 17.2 Å². The molecule has 13 heteroatoms. The van der Waals surface area contributed by atoms with Crippen molar-refractivity contribution in [1.29, 1.82) is 0 Å². The van der Waals surface area contributed by atoms with Crippen LogP contribution < -0.4 is 25.5 Å². The first kappa shape index (κ1) is 41.6. The molecule has 13 nitrogen and oxygen atoms in total. The van der Waals surface area contributed by atoms with Crippen molar-refractivity contribution in [3.05, 3.63) is 107 Å². The Balaban J connectivity index is 0.946. The summed E-state index contributed by atoms with van der Waals surface area (Å²) in [5.41, 5.74) is 5.94. The van der Waals surface area contributed by atoms with Crippen LogP contribution in [0.2, 0.25) is 0 Å². The first-order chi connectivity index (χ1) is 28.1. The highest BCUT2D eigenvalue weighted by Crippen LogP contribution is 2.42. The van der Waals surface area contributed by atoms with Crippen molar-refractivity contribution in [1.82, 2.24) is 25.0 Å². The lowest BCUT2D eigenvalue weighted by Crippen LogP contribution is -2.51. The molecule has 1 saturated heterocycles. The minimum atomic E-state index is -0.234. The van der Waals surface area contributed by atoms with E-state index in [1.807, 2.05) is 79.0 Å². The van der Waals surface area contributed by atoms with Gasteiger partial charge in [0.25, 0.3) is 5.91 Å². The van der Waals surface area contributed by atoms with Gasteiger partial charge in [-0.1, -0.05) is 30.3 Å². The van der Waals surface area contributed by atoms with Crippen LogP contribution in [0.4, 0.5) is 5.69 Å². The van der Waals surface area contributed by atoms with Crippen LogP contribution in [-0.4, -0.2) is 133 Å². The fourth-order valence-corrected chi connectivity index (χ4v) is 6.79. The minimum absolute atomic E-state index is 0.0402. The summed E-state index contributed by atoms with van der Waals surface area (Å²) in [7, 11) is 8.00. The Hall–Kier alpha value is -6.02. The molecule has 3 N–H and O–H groups in total. The Kier molecular flexibility index (Phi) is 14.3. The van der Waals surface area contributed by atoms with Crippen molar-refractivity contribution in [2.45, 2.75) is 0 Å². The maximum absolute atomic E-state index is 14.2. The lowest BCUT2D eigenvalue weighted by Gasteiger charge is -2.34. The van der Waals surface area contributed by atoms with Gasteiger partial charge >= 0.3 is 0 Å². The highest BCUT2D eigenvalue weighted by molar-refractivity contribution is 6.09. The Morgan fingerprint density at radius 1 is 0.828 bits per heavy atom. The van der Waals surface area contributed by atoms with E-state index in [4.69, 9.17) is 13.9 Å². The molecule has 2 heterocycles. The van der Waals surface area contributed by atoms with Crippen LogP contribution in [0.3, 0.4) is 0 Å². The molecule has 0 aromatic heterocycles. The van der Waals surface area contributed by atoms with Crippen LogP contribution in [0.25, 0.3) is 39.5 Å². The molecule has 3 aliphatic rings. The number of phenols is 1. The van der Waals surface area contributed by atoms with Crippen LogP contribution in [0, 0.1) is 0 Å². The van der Waals surface area contributed by atoms with Crippen molar-refractivity contribution in [3.8, 4) is 28.2 Å². The number of fused-ring (bicyclic) bond motifs is 2. The van der Waals surface area contributed by atoms with Gasteiger partial charge in [0.1, 0.15) is 31.2 Å². The molecule has 1 fully saturated rings. The van der Waals surface area contributed by atoms with E-state index in [0.717, 1.165) is 50.0 Å². The number of benzene rings is 4. The molecule has 304 valence electrons. The number of nitrogens with one attached hydrogen (secondary N) is 2. The van der Waals surface area contributed by atoms with Crippen molar-refractivity contribution < 1.29 is 33.4 Å². The number of hydrogen-bond donors (Lipinski definition) is 3. The number of ether oxygens (including phenoxy) is 2. The Morgan fingerprint density at radius 2 is 1.53 bits per heavy atom. The third kappa shape index (κ3) is 10.9. The van der Waals surface area contributed by atoms with E-state index in [2.05, 4.69) is 39.8 Å². The summed E-state index contributed by atoms with van der Waals surface area (Å²) in [6.45, 7) is 4.59. The molecule has 0 radical (unpaired) electrons. The largest absolute Gasteiger partial charge is 0.508 e. The second-order valence-corrected chi connectivity index (χ2v) is 14.5. The van der Waals surface area contributed by atoms with Crippen LogP contribution in [0.5, 0.6) is 5.75 Å². The summed E-state index contributed by atoms with van der Waals surface area (Å²) in [6, 6.07) is 26.7. The summed E-state index contributed by atoms with van der Waals surface area (Å²) >= 11 is 0. The molecule has 0 bridgehead atoms. The molecule has 1 aliphatic carbocycles. The van der Waals surface area contributed by atoms with E-state index in [1.165, 1.54) is 6.08 Å². The number of amides is 3. The van der Waals surface area contributed by atoms with E-state index in [1.54, 1.807) is 30.3 Å². The van der Waals surface area contributed by atoms with Crippen LogP contribution >= 0.6 is 0 Å². The lowest BCUT2D eigenvalue weighted by molar-refractivity contribution is -0.123. The zero-order chi connectivity index (χ0) is 41.0. The van der Waals surface area contributed by atoms with Gasteiger partial charge in [-0.25, -0.2) is 4.58 Å². The maximum Gasteiger partial charge on any atom is 0.254 e. The Labute approximate surface area is 339 Å². The highest BCUT2D eigenvalue weighted by atomic mass is 16.5. The highest BCUT2D eigenvalue weighted by Gasteiger charge is 2.27. The summed E-state index contributed by atoms with van der Waals surface area (Å²) in [5.74, 6) is 0.546. The molecule has 3 aromatic rings. The molecule has 0 saturated carbocycles. The summed E-state index contributed by atoms with van der Waals surface area (Å²) in [4.78, 5) is 44.9. The van der Waals surface area contributed by atoms with E-state index in [9.17, 15) is 19.5 Å². The predicted molar refractivity (Wildman–Crippen MR) is 227 cm³/mol.